The molecule has 0 aliphatic carbocycles. The van der Waals surface area contributed by atoms with Crippen LogP contribution < -0.4 is 0 Å². The topological polar surface area (TPSA) is 26.3 Å². The summed E-state index contributed by atoms with van der Waals surface area (Å²) in [7, 11) is 1.36. The average Bonchev–Trinajstić information content (AvgIpc) is 2.10. The molecule has 12 heavy (non-hydrogen) atoms. The molecule has 0 aliphatic heterocycles. The van der Waals surface area contributed by atoms with Crippen molar-refractivity contribution in [2.45, 2.75) is 44.4 Å². The van der Waals surface area contributed by atoms with Gasteiger partial charge in [0.2, 0.25) is 0 Å². The van der Waals surface area contributed by atoms with Gasteiger partial charge in [0.05, 0.1) is 7.11 Å². The molecule has 0 aliphatic rings. The Morgan fingerprint density at radius 2 is 2.08 bits per heavy atom. The summed E-state index contributed by atoms with van der Waals surface area (Å²) in [6.07, 6.45) is 5.30. The fraction of sp³-hybridized carbons (Fsp3) is 0.889. The lowest BCUT2D eigenvalue weighted by Crippen LogP contribution is -2.15. The van der Waals surface area contributed by atoms with Gasteiger partial charge >= 0.3 is 5.97 Å². The minimum atomic E-state index is -0.452. The van der Waals surface area contributed by atoms with Crippen LogP contribution >= 0.6 is 11.6 Å². The number of unbranched alkanes of at least 4 members (excludes halogenated alkanes) is 3. The van der Waals surface area contributed by atoms with Crippen molar-refractivity contribution in [2.24, 2.45) is 0 Å². The minimum Gasteiger partial charge on any atom is -0.468 e. The van der Waals surface area contributed by atoms with Gasteiger partial charge in [-0.1, -0.05) is 32.6 Å². The lowest BCUT2D eigenvalue weighted by Gasteiger charge is -2.05. The number of rotatable bonds is 6. The van der Waals surface area contributed by atoms with E-state index in [1.807, 2.05) is 0 Å². The quantitative estimate of drug-likeness (QED) is 0.368. The van der Waals surface area contributed by atoms with Crippen molar-refractivity contribution in [1.82, 2.24) is 0 Å². The number of halogens is 1. The Bertz CT molecular complexity index is 126. The normalized spacial score (nSPS) is 12.6. The van der Waals surface area contributed by atoms with E-state index in [-0.39, 0.29) is 5.97 Å². The lowest BCUT2D eigenvalue weighted by atomic mass is 10.1. The third kappa shape index (κ3) is 5.42. The van der Waals surface area contributed by atoms with Gasteiger partial charge in [0, 0.05) is 0 Å². The first-order valence-corrected chi connectivity index (χ1v) is 4.88. The maximum Gasteiger partial charge on any atom is 0.323 e. The Kier molecular flexibility index (Phi) is 7.26. The zero-order chi connectivity index (χ0) is 9.40. The summed E-state index contributed by atoms with van der Waals surface area (Å²) in [6, 6.07) is 0. The van der Waals surface area contributed by atoms with E-state index in [4.69, 9.17) is 11.6 Å². The van der Waals surface area contributed by atoms with Crippen molar-refractivity contribution in [2.75, 3.05) is 7.11 Å². The molecule has 0 amide bonds. The minimum absolute atomic E-state index is 0.312. The summed E-state index contributed by atoms with van der Waals surface area (Å²) < 4.78 is 4.50. The zero-order valence-corrected chi connectivity index (χ0v) is 8.56. The molecule has 2 nitrogen and oxygen atoms in total. The van der Waals surface area contributed by atoms with Gasteiger partial charge in [-0.3, -0.25) is 4.79 Å². The van der Waals surface area contributed by atoms with Gasteiger partial charge in [-0.05, 0) is 6.42 Å². The molecule has 72 valence electrons. The highest BCUT2D eigenvalue weighted by atomic mass is 35.5. The van der Waals surface area contributed by atoms with Crippen molar-refractivity contribution in [3.05, 3.63) is 0 Å². The van der Waals surface area contributed by atoms with Crippen molar-refractivity contribution < 1.29 is 9.53 Å². The number of methoxy groups -OCH3 is 1. The lowest BCUT2D eigenvalue weighted by molar-refractivity contribution is -0.140. The Morgan fingerprint density at radius 1 is 1.42 bits per heavy atom. The molecule has 0 heterocycles. The van der Waals surface area contributed by atoms with Crippen LogP contribution in [0.25, 0.3) is 0 Å². The van der Waals surface area contributed by atoms with Crippen LogP contribution in [0.5, 0.6) is 0 Å². The summed E-state index contributed by atoms with van der Waals surface area (Å²) in [5.74, 6) is -0.312. The largest absolute Gasteiger partial charge is 0.468 e. The molecule has 0 saturated carbocycles. The summed E-state index contributed by atoms with van der Waals surface area (Å²) in [6.45, 7) is 2.15. The third-order valence-electron chi connectivity index (χ3n) is 1.77. The number of carbonyl (C=O) groups excluding carboxylic acids is 1. The van der Waals surface area contributed by atoms with E-state index in [2.05, 4.69) is 11.7 Å². The molecule has 1 atom stereocenters. The molecule has 1 unspecified atom stereocenters. The van der Waals surface area contributed by atoms with Crippen LogP contribution in [0.4, 0.5) is 0 Å². The van der Waals surface area contributed by atoms with E-state index < -0.39 is 5.38 Å². The first-order valence-electron chi connectivity index (χ1n) is 4.44. The fourth-order valence-electron chi connectivity index (χ4n) is 0.996. The smallest absolute Gasteiger partial charge is 0.323 e. The van der Waals surface area contributed by atoms with Crippen molar-refractivity contribution in [1.29, 1.82) is 0 Å². The summed E-state index contributed by atoms with van der Waals surface area (Å²) in [4.78, 5) is 10.8. The predicted molar refractivity (Wildman–Crippen MR) is 50.4 cm³/mol. The van der Waals surface area contributed by atoms with Gasteiger partial charge in [0.25, 0.3) is 0 Å². The van der Waals surface area contributed by atoms with E-state index >= 15 is 0 Å². The van der Waals surface area contributed by atoms with Crippen LogP contribution in [0.3, 0.4) is 0 Å². The molecule has 0 aromatic rings. The molecule has 0 N–H and O–H groups in total. The van der Waals surface area contributed by atoms with Gasteiger partial charge in [-0.2, -0.15) is 0 Å². The third-order valence-corrected chi connectivity index (χ3v) is 2.16. The fourth-order valence-corrected chi connectivity index (χ4v) is 1.24. The van der Waals surface area contributed by atoms with Crippen LogP contribution in [-0.2, 0) is 9.53 Å². The summed E-state index contributed by atoms with van der Waals surface area (Å²) in [5.41, 5.74) is 0. The second kappa shape index (κ2) is 7.41. The summed E-state index contributed by atoms with van der Waals surface area (Å²) >= 11 is 5.74. The molecule has 0 bridgehead atoms. The summed E-state index contributed by atoms with van der Waals surface area (Å²) in [5, 5.41) is -0.452. The Hall–Kier alpha value is -0.240. The Balaban J connectivity index is 3.31. The van der Waals surface area contributed by atoms with E-state index in [1.165, 1.54) is 20.0 Å². The maximum absolute atomic E-state index is 10.8. The number of hydrogen-bond acceptors (Lipinski definition) is 2. The SMILES string of the molecule is CCCCCCC(Cl)C(=O)OC. The van der Waals surface area contributed by atoms with E-state index in [0.29, 0.717) is 0 Å². The average molecular weight is 193 g/mol. The van der Waals surface area contributed by atoms with Crippen molar-refractivity contribution >= 4 is 17.6 Å². The molecular weight excluding hydrogens is 176 g/mol. The highest BCUT2D eigenvalue weighted by Crippen LogP contribution is 2.11. The molecule has 0 saturated heterocycles. The van der Waals surface area contributed by atoms with Crippen molar-refractivity contribution in [3.63, 3.8) is 0 Å². The molecule has 0 aromatic carbocycles. The second-order valence-electron chi connectivity index (χ2n) is 2.84. The first-order chi connectivity index (χ1) is 5.72. The number of esters is 1. The van der Waals surface area contributed by atoms with E-state index in [0.717, 1.165) is 19.3 Å². The van der Waals surface area contributed by atoms with Gasteiger partial charge in [-0.25, -0.2) is 0 Å². The molecule has 0 spiro atoms. The van der Waals surface area contributed by atoms with Gasteiger partial charge in [-0.15, -0.1) is 11.6 Å². The molecule has 0 radical (unpaired) electrons. The standard InChI is InChI=1S/C9H17ClO2/c1-3-4-5-6-7-8(10)9(11)12-2/h8H,3-7H2,1-2H3. The maximum atomic E-state index is 10.8. The van der Waals surface area contributed by atoms with E-state index in [1.54, 1.807) is 0 Å². The van der Waals surface area contributed by atoms with Crippen LogP contribution in [0.15, 0.2) is 0 Å². The number of hydrogen-bond donors (Lipinski definition) is 0. The van der Waals surface area contributed by atoms with Crippen LogP contribution in [-0.4, -0.2) is 18.5 Å². The second-order valence-corrected chi connectivity index (χ2v) is 3.37. The molecule has 0 rings (SSSR count). The van der Waals surface area contributed by atoms with Crippen molar-refractivity contribution in [3.8, 4) is 0 Å². The first kappa shape index (κ1) is 11.8. The molecule has 0 aromatic heterocycles. The number of ether oxygens (including phenoxy) is 1. The molecule has 0 fully saturated rings. The van der Waals surface area contributed by atoms with E-state index in [9.17, 15) is 4.79 Å². The Morgan fingerprint density at radius 3 is 2.58 bits per heavy atom. The number of carbonyl (C=O) groups is 1. The molecular formula is C9H17ClO2. The highest BCUT2D eigenvalue weighted by Gasteiger charge is 2.14. The Labute approximate surface area is 79.2 Å². The van der Waals surface area contributed by atoms with Crippen LogP contribution in [0, 0.1) is 0 Å². The van der Waals surface area contributed by atoms with Crippen LogP contribution in [0.2, 0.25) is 0 Å². The monoisotopic (exact) mass is 192 g/mol. The predicted octanol–water partition coefficient (Wildman–Crippen LogP) is 2.74. The highest BCUT2D eigenvalue weighted by molar-refractivity contribution is 6.29. The van der Waals surface area contributed by atoms with Crippen LogP contribution in [0.1, 0.15) is 39.0 Å². The van der Waals surface area contributed by atoms with Gasteiger partial charge < -0.3 is 4.74 Å². The zero-order valence-electron chi connectivity index (χ0n) is 7.81. The van der Waals surface area contributed by atoms with Gasteiger partial charge in [0.15, 0.2) is 0 Å². The molecule has 3 heteroatoms. The van der Waals surface area contributed by atoms with Gasteiger partial charge in [0.1, 0.15) is 5.38 Å². The number of alkyl halides is 1.